The van der Waals surface area contributed by atoms with Gasteiger partial charge in [0.1, 0.15) is 0 Å². The first kappa shape index (κ1) is 19.8. The number of hydrogen-bond acceptors (Lipinski definition) is 6. The highest BCUT2D eigenvalue weighted by Crippen LogP contribution is 2.36. The molecule has 0 radical (unpaired) electrons. The van der Waals surface area contributed by atoms with Crippen LogP contribution in [0.25, 0.3) is 0 Å². The van der Waals surface area contributed by atoms with Crippen LogP contribution in [0.4, 0.5) is 0 Å². The van der Waals surface area contributed by atoms with Gasteiger partial charge in [-0.1, -0.05) is 0 Å². The molecule has 0 unspecified atom stereocenters. The third-order valence-corrected chi connectivity index (χ3v) is 4.25. The van der Waals surface area contributed by atoms with Crippen LogP contribution in [0.15, 0.2) is 0 Å². The van der Waals surface area contributed by atoms with Gasteiger partial charge in [-0.05, 0) is 54.6 Å². The van der Waals surface area contributed by atoms with Gasteiger partial charge in [-0.25, -0.2) is 0 Å². The molecule has 0 bridgehead atoms. The maximum atomic E-state index is 5.08. The molecule has 7 N–H and O–H groups in total. The maximum Gasteiger partial charge on any atom is 0.0474 e. The smallest absolute Gasteiger partial charge is 0.0474 e. The summed E-state index contributed by atoms with van der Waals surface area (Å²) in [4.78, 5) is 2.51. The van der Waals surface area contributed by atoms with E-state index in [0.717, 1.165) is 0 Å². The van der Waals surface area contributed by atoms with E-state index in [1.165, 1.54) is 12.8 Å². The molecule has 1 fully saturated rings. The zero-order valence-electron chi connectivity index (χ0n) is 14.2. The average molecular weight is 288 g/mol. The highest BCUT2D eigenvalue weighted by Gasteiger charge is 2.42. The van der Waals surface area contributed by atoms with Gasteiger partial charge in [-0.2, -0.15) is 0 Å². The minimum Gasteiger partial charge on any atom is -0.318 e. The largest absolute Gasteiger partial charge is 0.318 e. The van der Waals surface area contributed by atoms with Crippen molar-refractivity contribution >= 4 is 0 Å². The molecular formula is C14H36N6. The molecule has 6 nitrogen and oxygen atoms in total. The Balaban J connectivity index is 0.000000441. The van der Waals surface area contributed by atoms with E-state index in [9.17, 15) is 0 Å². The van der Waals surface area contributed by atoms with E-state index in [0.29, 0.717) is 37.1 Å². The van der Waals surface area contributed by atoms with Crippen LogP contribution in [-0.4, -0.2) is 56.1 Å². The molecule has 0 aromatic rings. The molecule has 1 saturated heterocycles. The van der Waals surface area contributed by atoms with Crippen molar-refractivity contribution in [1.29, 1.82) is 0 Å². The fourth-order valence-electron chi connectivity index (χ4n) is 2.81. The number of piperidine rings is 1. The molecule has 0 spiro atoms. The number of hydrogen-bond donors (Lipinski definition) is 5. The van der Waals surface area contributed by atoms with Crippen LogP contribution in [-0.2, 0) is 0 Å². The van der Waals surface area contributed by atoms with Gasteiger partial charge in [-0.3, -0.25) is 15.5 Å². The van der Waals surface area contributed by atoms with Crippen LogP contribution < -0.4 is 27.4 Å². The van der Waals surface area contributed by atoms with Gasteiger partial charge in [0.25, 0.3) is 0 Å². The standard InChI is InChI=1S/C11H24N2.C3H12N4/c1-10(2)7-9(12-5)8-11(3,4)13(10)6;4-1-6-3-7-2-5/h9,12H,7-8H2,1-6H3;6-7H,1-5H2. The molecule has 0 aromatic carbocycles. The van der Waals surface area contributed by atoms with E-state index in [1.54, 1.807) is 0 Å². The van der Waals surface area contributed by atoms with Crippen molar-refractivity contribution in [3.8, 4) is 0 Å². The van der Waals surface area contributed by atoms with Crippen LogP contribution in [0.2, 0.25) is 0 Å². The van der Waals surface area contributed by atoms with Crippen LogP contribution in [0.3, 0.4) is 0 Å². The van der Waals surface area contributed by atoms with E-state index in [1.807, 2.05) is 0 Å². The number of rotatable bonds is 5. The van der Waals surface area contributed by atoms with Crippen molar-refractivity contribution in [2.45, 2.75) is 57.7 Å². The second kappa shape index (κ2) is 8.92. The summed E-state index contributed by atoms with van der Waals surface area (Å²) in [7, 11) is 4.31. The summed E-state index contributed by atoms with van der Waals surface area (Å²) in [6, 6.07) is 0.668. The lowest BCUT2D eigenvalue weighted by atomic mass is 9.77. The van der Waals surface area contributed by atoms with Gasteiger partial charge in [0.15, 0.2) is 0 Å². The molecule has 0 atom stereocenters. The fraction of sp³-hybridized carbons (Fsp3) is 1.00. The van der Waals surface area contributed by atoms with Gasteiger partial charge in [0.05, 0.1) is 0 Å². The summed E-state index contributed by atoms with van der Waals surface area (Å²) < 4.78 is 0. The van der Waals surface area contributed by atoms with E-state index in [-0.39, 0.29) is 0 Å². The van der Waals surface area contributed by atoms with Gasteiger partial charge in [0.2, 0.25) is 0 Å². The molecule has 1 aliphatic heterocycles. The van der Waals surface area contributed by atoms with Crippen LogP contribution >= 0.6 is 0 Å². The van der Waals surface area contributed by atoms with Crippen LogP contribution in [0.1, 0.15) is 40.5 Å². The minimum atomic E-state index is 0.315. The SMILES string of the molecule is CNC1CC(C)(C)N(C)C(C)(C)C1.NCNCNCN. The molecule has 122 valence electrons. The number of likely N-dealkylation sites (tertiary alicyclic amines) is 1. The summed E-state index contributed by atoms with van der Waals surface area (Å²) >= 11 is 0. The van der Waals surface area contributed by atoms with Gasteiger partial charge >= 0.3 is 0 Å². The Morgan fingerprint density at radius 3 is 1.70 bits per heavy atom. The molecular weight excluding hydrogens is 252 g/mol. The molecule has 20 heavy (non-hydrogen) atoms. The third-order valence-electron chi connectivity index (χ3n) is 4.25. The Morgan fingerprint density at radius 2 is 1.40 bits per heavy atom. The number of nitrogens with zero attached hydrogens (tertiary/aromatic N) is 1. The summed E-state index contributed by atoms with van der Waals surface area (Å²) in [5.41, 5.74) is 10.8. The molecule has 0 amide bonds. The normalized spacial score (nSPS) is 22.2. The second-order valence-electron chi connectivity index (χ2n) is 6.66. The fourth-order valence-corrected chi connectivity index (χ4v) is 2.81. The van der Waals surface area contributed by atoms with Crippen molar-refractivity contribution in [2.75, 3.05) is 34.1 Å². The molecule has 1 heterocycles. The predicted molar refractivity (Wildman–Crippen MR) is 87.2 cm³/mol. The predicted octanol–water partition coefficient (Wildman–Crippen LogP) is -0.187. The van der Waals surface area contributed by atoms with Crippen molar-refractivity contribution in [1.82, 2.24) is 20.9 Å². The summed E-state index contributed by atoms with van der Waals surface area (Å²) in [6.45, 7) is 11.0. The third kappa shape index (κ3) is 6.47. The quantitative estimate of drug-likeness (QED) is 0.356. The summed E-state index contributed by atoms with van der Waals surface area (Å²) in [5.74, 6) is 0. The van der Waals surface area contributed by atoms with Crippen molar-refractivity contribution in [2.24, 2.45) is 11.5 Å². The highest BCUT2D eigenvalue weighted by atomic mass is 15.2. The molecule has 0 aliphatic carbocycles. The summed E-state index contributed by atoms with van der Waals surface area (Å²) in [6.07, 6.45) is 2.48. The summed E-state index contributed by atoms with van der Waals surface area (Å²) in [5, 5.41) is 9.08. The number of nitrogens with one attached hydrogen (secondary N) is 3. The lowest BCUT2D eigenvalue weighted by Crippen LogP contribution is -2.61. The van der Waals surface area contributed by atoms with E-state index in [4.69, 9.17) is 11.5 Å². The first-order chi connectivity index (χ1) is 9.21. The minimum absolute atomic E-state index is 0.315. The topological polar surface area (TPSA) is 91.4 Å². The Hall–Kier alpha value is -0.240. The lowest BCUT2D eigenvalue weighted by molar-refractivity contribution is -0.0167. The first-order valence-corrected chi connectivity index (χ1v) is 7.44. The molecule has 0 saturated carbocycles. The lowest BCUT2D eigenvalue weighted by Gasteiger charge is -2.53. The van der Waals surface area contributed by atoms with Crippen molar-refractivity contribution < 1.29 is 0 Å². The van der Waals surface area contributed by atoms with Gasteiger partial charge in [0, 0.05) is 37.1 Å². The monoisotopic (exact) mass is 288 g/mol. The Kier molecular flexibility index (Phi) is 8.81. The Labute approximate surface area is 125 Å². The van der Waals surface area contributed by atoms with E-state index < -0.39 is 0 Å². The zero-order chi connectivity index (χ0) is 15.8. The van der Waals surface area contributed by atoms with Crippen molar-refractivity contribution in [3.05, 3.63) is 0 Å². The molecule has 0 aromatic heterocycles. The second-order valence-corrected chi connectivity index (χ2v) is 6.66. The van der Waals surface area contributed by atoms with E-state index >= 15 is 0 Å². The van der Waals surface area contributed by atoms with E-state index in [2.05, 4.69) is 62.6 Å². The number of nitrogens with two attached hydrogens (primary N) is 2. The zero-order valence-corrected chi connectivity index (χ0v) is 14.2. The van der Waals surface area contributed by atoms with Crippen molar-refractivity contribution in [3.63, 3.8) is 0 Å². The first-order valence-electron chi connectivity index (χ1n) is 7.44. The molecule has 1 rings (SSSR count). The highest BCUT2D eigenvalue weighted by molar-refractivity contribution is 5.00. The Bertz CT molecular complexity index is 232. The maximum absolute atomic E-state index is 5.08. The average Bonchev–Trinajstić information content (AvgIpc) is 2.36. The molecule has 1 aliphatic rings. The molecule has 6 heteroatoms. The van der Waals surface area contributed by atoms with Gasteiger partial charge in [-0.15, -0.1) is 0 Å². The Morgan fingerprint density at radius 1 is 1.00 bits per heavy atom. The van der Waals surface area contributed by atoms with Crippen LogP contribution in [0.5, 0.6) is 0 Å². The van der Waals surface area contributed by atoms with Crippen LogP contribution in [0, 0.1) is 0 Å². The van der Waals surface area contributed by atoms with Gasteiger partial charge < -0.3 is 16.8 Å².